The van der Waals surface area contributed by atoms with Crippen molar-refractivity contribution < 1.29 is 53.4 Å². The molecule has 1 fully saturated rings. The van der Waals surface area contributed by atoms with Gasteiger partial charge in [-0.3, -0.25) is 43.3 Å². The third-order valence-electron chi connectivity index (χ3n) is 11.3. The fourth-order valence-corrected chi connectivity index (χ4v) is 6.94. The van der Waals surface area contributed by atoms with Crippen LogP contribution < -0.4 is 54.4 Å². The number of nitrogens with zero attached hydrogens (tertiary/aromatic N) is 2. The van der Waals surface area contributed by atoms with Crippen LogP contribution >= 0.6 is 0 Å². The molecule has 1 saturated heterocycles. The molecule has 0 bridgehead atoms. The Labute approximate surface area is 375 Å². The second-order valence-electron chi connectivity index (χ2n) is 16.8. The first-order chi connectivity index (χ1) is 29.9. The average Bonchev–Trinajstić information content (AvgIpc) is 3.72. The topological polar surface area (TPSA) is 372 Å². The van der Waals surface area contributed by atoms with Crippen molar-refractivity contribution in [3.63, 3.8) is 0 Å². The number of hydrogen-bond donors (Lipinski definition) is 12. The van der Waals surface area contributed by atoms with Crippen molar-refractivity contribution in [2.24, 2.45) is 39.9 Å². The fourth-order valence-electron chi connectivity index (χ4n) is 6.94. The summed E-state index contributed by atoms with van der Waals surface area (Å²) in [5.74, 6) is -7.60. The minimum Gasteiger partial charge on any atom is -0.465 e. The minimum atomic E-state index is -1.61. The van der Waals surface area contributed by atoms with E-state index in [1.165, 1.54) is 18.7 Å². The van der Waals surface area contributed by atoms with E-state index < -0.39 is 126 Å². The third kappa shape index (κ3) is 17.8. The number of primary amides is 1. The SMILES string of the molecule is CCC[C@H](NC(=O)[C@@H](NC(=O)[C@H](NC(=O)[C@@H](NC(=O)O)C(C)C)[C@@H](C)CC)[C@@H](C)O)C(=O)N[C@H](C(=O)N[C@@H](CCCN=C(N)N)C(=O)N1CCC[C@H]1C(=O)N[C@H](C)C(N)=O)[C@@H](C)CC. The molecule has 0 radical (unpaired) electrons. The number of carbonyl (C=O) groups is 9. The molecule has 0 aromatic rings. The monoisotopic (exact) mass is 911 g/mol. The number of carboxylic acid groups (broad SMARTS) is 1. The van der Waals surface area contributed by atoms with Crippen molar-refractivity contribution in [2.45, 2.75) is 168 Å². The number of carbonyl (C=O) groups excluding carboxylic acids is 8. The van der Waals surface area contributed by atoms with Crippen LogP contribution in [0.1, 0.15) is 114 Å². The Bertz CT molecular complexity index is 1660. The van der Waals surface area contributed by atoms with Crippen LogP contribution in [0.15, 0.2) is 4.99 Å². The molecule has 1 rings (SSSR count). The molecule has 1 aliphatic heterocycles. The first-order valence-corrected chi connectivity index (χ1v) is 22.1. The number of nitrogens with one attached hydrogen (secondary N) is 7. The van der Waals surface area contributed by atoms with Gasteiger partial charge in [-0.25, -0.2) is 4.79 Å². The van der Waals surface area contributed by atoms with E-state index in [1.807, 2.05) is 0 Å². The second-order valence-corrected chi connectivity index (χ2v) is 16.8. The molecule has 1 heterocycles. The molecule has 0 aliphatic carbocycles. The van der Waals surface area contributed by atoms with Crippen LogP contribution in [0.4, 0.5) is 4.79 Å². The predicted octanol–water partition coefficient (Wildman–Crippen LogP) is -1.99. The highest BCUT2D eigenvalue weighted by Crippen LogP contribution is 2.21. The number of amides is 9. The summed E-state index contributed by atoms with van der Waals surface area (Å²) in [6, 6.07) is -9.67. The number of nitrogens with two attached hydrogens (primary N) is 3. The maximum atomic E-state index is 14.1. The van der Waals surface area contributed by atoms with Gasteiger partial charge in [0.05, 0.1) is 6.10 Å². The normalized spacial score (nSPS) is 18.2. The van der Waals surface area contributed by atoms with E-state index in [1.54, 1.807) is 48.5 Å². The fraction of sp³-hybridized carbons (Fsp3) is 0.756. The third-order valence-corrected chi connectivity index (χ3v) is 11.3. The van der Waals surface area contributed by atoms with Crippen molar-refractivity contribution in [1.29, 1.82) is 0 Å². The average molecular weight is 911 g/mol. The van der Waals surface area contributed by atoms with Gasteiger partial charge in [0.2, 0.25) is 47.3 Å². The molecule has 0 aromatic heterocycles. The number of aliphatic hydroxyl groups excluding tert-OH is 1. The summed E-state index contributed by atoms with van der Waals surface area (Å²) in [5.41, 5.74) is 16.3. The zero-order valence-corrected chi connectivity index (χ0v) is 38.7. The molecule has 364 valence electrons. The van der Waals surface area contributed by atoms with Crippen LogP contribution in [0.3, 0.4) is 0 Å². The summed E-state index contributed by atoms with van der Waals surface area (Å²) >= 11 is 0. The van der Waals surface area contributed by atoms with E-state index >= 15 is 0 Å². The molecule has 0 aromatic carbocycles. The van der Waals surface area contributed by atoms with Crippen molar-refractivity contribution in [3.8, 4) is 0 Å². The van der Waals surface area contributed by atoms with Gasteiger partial charge in [-0.15, -0.1) is 0 Å². The molecule has 0 spiro atoms. The zero-order valence-electron chi connectivity index (χ0n) is 38.7. The van der Waals surface area contributed by atoms with Gasteiger partial charge in [0.25, 0.3) is 0 Å². The van der Waals surface area contributed by atoms with Gasteiger partial charge < -0.3 is 69.5 Å². The Balaban J connectivity index is 3.38. The molecule has 9 amide bonds. The Kier molecular flexibility index (Phi) is 24.1. The Morgan fingerprint density at radius 1 is 0.656 bits per heavy atom. The van der Waals surface area contributed by atoms with Crippen LogP contribution in [0.2, 0.25) is 0 Å². The predicted molar refractivity (Wildman–Crippen MR) is 236 cm³/mol. The van der Waals surface area contributed by atoms with Gasteiger partial charge in [0.15, 0.2) is 5.96 Å². The van der Waals surface area contributed by atoms with E-state index in [-0.39, 0.29) is 38.3 Å². The summed E-state index contributed by atoms with van der Waals surface area (Å²) in [7, 11) is 0. The highest BCUT2D eigenvalue weighted by molar-refractivity contribution is 5.98. The smallest absolute Gasteiger partial charge is 0.405 e. The lowest BCUT2D eigenvalue weighted by Crippen LogP contribution is -2.63. The molecule has 0 unspecified atom stereocenters. The molecule has 1 aliphatic rings. The Morgan fingerprint density at radius 3 is 1.64 bits per heavy atom. The van der Waals surface area contributed by atoms with E-state index in [9.17, 15) is 53.4 Å². The van der Waals surface area contributed by atoms with Gasteiger partial charge >= 0.3 is 6.09 Å². The Hall–Kier alpha value is -5.74. The minimum absolute atomic E-state index is 0.0468. The number of aliphatic hydroxyl groups is 1. The maximum Gasteiger partial charge on any atom is 0.405 e. The molecule has 11 atom stereocenters. The van der Waals surface area contributed by atoms with Crippen molar-refractivity contribution in [3.05, 3.63) is 0 Å². The van der Waals surface area contributed by atoms with Gasteiger partial charge in [0, 0.05) is 13.1 Å². The summed E-state index contributed by atoms with van der Waals surface area (Å²) in [6.07, 6.45) is -0.623. The molecular formula is C41H74N12O11. The van der Waals surface area contributed by atoms with Crippen LogP contribution in [-0.4, -0.2) is 142 Å². The van der Waals surface area contributed by atoms with E-state index in [0.717, 1.165) is 0 Å². The van der Waals surface area contributed by atoms with Crippen LogP contribution in [0, 0.1) is 17.8 Å². The van der Waals surface area contributed by atoms with Gasteiger partial charge in [0.1, 0.15) is 48.3 Å². The summed E-state index contributed by atoms with van der Waals surface area (Å²) < 4.78 is 0. The van der Waals surface area contributed by atoms with Crippen LogP contribution in [0.25, 0.3) is 0 Å². The standard InChI is InChI=1S/C41H74N12O11/c1-10-15-25(47-38(61)31(24(9)54)51-37(60)30(22(7)12-3)50-35(58)28(20(4)5)52-41(63)64)33(56)49-29(21(6)11-2)36(59)48-26(16-13-18-45-40(43)44)39(62)53-19-14-17-27(53)34(57)46-23(8)32(42)55/h20-31,52,54H,10-19H2,1-9H3,(H2,42,55)(H,46,57)(H,47,61)(H,48,59)(H,49,56)(H,50,58)(H,51,60)(H,63,64)(H4,43,44,45)/t21-,22-,23+,24+,25-,26-,27-,28-,29-,30+,31-/m0/s1. The first-order valence-electron chi connectivity index (χ1n) is 22.1. The lowest BCUT2D eigenvalue weighted by molar-refractivity contribution is -0.142. The van der Waals surface area contributed by atoms with E-state index in [4.69, 9.17) is 17.2 Å². The molecule has 23 heteroatoms. The molecule has 15 N–H and O–H groups in total. The second kappa shape index (κ2) is 27.4. The zero-order chi connectivity index (χ0) is 49.0. The summed E-state index contributed by atoms with van der Waals surface area (Å²) in [4.78, 5) is 124. The van der Waals surface area contributed by atoms with Gasteiger partial charge in [-0.2, -0.15) is 0 Å². The van der Waals surface area contributed by atoms with Crippen molar-refractivity contribution >= 4 is 59.3 Å². The van der Waals surface area contributed by atoms with Crippen molar-refractivity contribution in [2.75, 3.05) is 13.1 Å². The molecule has 0 saturated carbocycles. The largest absolute Gasteiger partial charge is 0.465 e. The van der Waals surface area contributed by atoms with Gasteiger partial charge in [-0.1, -0.05) is 67.7 Å². The number of guanidine groups is 1. The number of rotatable bonds is 27. The molecular weight excluding hydrogens is 837 g/mol. The Morgan fingerprint density at radius 2 is 1.16 bits per heavy atom. The first kappa shape index (κ1) is 56.3. The number of aliphatic imine (C=N–C) groups is 1. The number of likely N-dealkylation sites (tertiary alicyclic amines) is 1. The number of hydrogen-bond acceptors (Lipinski definition) is 11. The van der Waals surface area contributed by atoms with Gasteiger partial charge in [-0.05, 0) is 63.7 Å². The van der Waals surface area contributed by atoms with E-state index in [0.29, 0.717) is 32.1 Å². The molecule has 23 nitrogen and oxygen atoms in total. The summed E-state index contributed by atoms with van der Waals surface area (Å²) in [5, 5.41) is 37.7. The van der Waals surface area contributed by atoms with Crippen LogP contribution in [-0.2, 0) is 38.4 Å². The van der Waals surface area contributed by atoms with E-state index in [2.05, 4.69) is 42.2 Å². The quantitative estimate of drug-likeness (QED) is 0.0242. The van der Waals surface area contributed by atoms with Crippen LogP contribution in [0.5, 0.6) is 0 Å². The maximum absolute atomic E-state index is 14.1. The highest BCUT2D eigenvalue weighted by atomic mass is 16.4. The van der Waals surface area contributed by atoms with Crippen molar-refractivity contribution in [1.82, 2.24) is 42.1 Å². The lowest BCUT2D eigenvalue weighted by atomic mass is 9.95. The summed E-state index contributed by atoms with van der Waals surface area (Å²) in [6.45, 7) is 14.9. The molecule has 64 heavy (non-hydrogen) atoms. The highest BCUT2D eigenvalue weighted by Gasteiger charge is 2.40. The lowest BCUT2D eigenvalue weighted by Gasteiger charge is -2.32.